The van der Waals surface area contributed by atoms with Crippen LogP contribution in [-0.4, -0.2) is 37.1 Å². The van der Waals surface area contributed by atoms with E-state index < -0.39 is 5.41 Å². The first kappa shape index (κ1) is 22.1. The Morgan fingerprint density at radius 1 is 1.06 bits per heavy atom. The van der Waals surface area contributed by atoms with Gasteiger partial charge in [0.15, 0.2) is 5.78 Å². The summed E-state index contributed by atoms with van der Waals surface area (Å²) in [5.74, 6) is 0.259. The first-order valence-corrected chi connectivity index (χ1v) is 10.0. The first-order valence-electron chi connectivity index (χ1n) is 10.0. The number of tetrazole rings is 1. The van der Waals surface area contributed by atoms with Gasteiger partial charge in [-0.3, -0.25) is 9.59 Å². The zero-order valence-electron chi connectivity index (χ0n) is 18.1. The predicted molar refractivity (Wildman–Crippen MR) is 114 cm³/mol. The zero-order valence-corrected chi connectivity index (χ0v) is 18.1. The van der Waals surface area contributed by atoms with E-state index in [9.17, 15) is 14.7 Å². The number of esters is 1. The summed E-state index contributed by atoms with van der Waals surface area (Å²) in [6.07, 6.45) is 1.32. The van der Waals surface area contributed by atoms with Crippen LogP contribution < -0.4 is 0 Å². The molecule has 0 aliphatic rings. The van der Waals surface area contributed by atoms with Crippen molar-refractivity contribution in [3.8, 4) is 17.1 Å². The van der Waals surface area contributed by atoms with E-state index in [2.05, 4.69) is 15.4 Å². The van der Waals surface area contributed by atoms with Crippen molar-refractivity contribution < 1.29 is 19.4 Å². The number of rotatable bonds is 7. The number of aromatic hydroxyl groups is 1. The number of hydrogen-bond acceptors (Lipinski definition) is 7. The smallest absolute Gasteiger partial charge is 0.313 e. The molecule has 0 aliphatic carbocycles. The van der Waals surface area contributed by atoms with E-state index in [0.29, 0.717) is 24.2 Å². The SMILES string of the molecule is CC(=O)c1ccc(O)c(CCc2ccc(-c3nnn(COC(=O)C(C)(C)C)n3)cc2)c1. The Morgan fingerprint density at radius 2 is 1.77 bits per heavy atom. The number of nitrogens with zero attached hydrogens (tertiary/aromatic N) is 4. The molecular weight excluding hydrogens is 396 g/mol. The number of aromatic nitrogens is 4. The molecule has 0 saturated carbocycles. The highest BCUT2D eigenvalue weighted by molar-refractivity contribution is 5.94. The van der Waals surface area contributed by atoms with Gasteiger partial charge in [-0.15, -0.1) is 15.0 Å². The second-order valence-corrected chi connectivity index (χ2v) is 8.39. The van der Waals surface area contributed by atoms with Gasteiger partial charge in [0.25, 0.3) is 0 Å². The Hall–Kier alpha value is -3.55. The summed E-state index contributed by atoms with van der Waals surface area (Å²) < 4.78 is 5.19. The van der Waals surface area contributed by atoms with Crippen LogP contribution in [0, 0.1) is 5.41 Å². The molecule has 1 N–H and O–H groups in total. The Morgan fingerprint density at radius 3 is 2.42 bits per heavy atom. The lowest BCUT2D eigenvalue weighted by Gasteiger charge is -2.15. The molecule has 0 fully saturated rings. The molecule has 31 heavy (non-hydrogen) atoms. The quantitative estimate of drug-likeness (QED) is 0.458. The summed E-state index contributed by atoms with van der Waals surface area (Å²) in [7, 11) is 0. The van der Waals surface area contributed by atoms with E-state index in [1.54, 1.807) is 39.0 Å². The van der Waals surface area contributed by atoms with Crippen molar-refractivity contribution in [3.63, 3.8) is 0 Å². The summed E-state index contributed by atoms with van der Waals surface area (Å²) in [5, 5.41) is 22.2. The minimum Gasteiger partial charge on any atom is -0.508 e. The third-order valence-corrected chi connectivity index (χ3v) is 4.76. The molecule has 0 bridgehead atoms. The van der Waals surface area contributed by atoms with E-state index >= 15 is 0 Å². The fourth-order valence-corrected chi connectivity index (χ4v) is 2.85. The molecule has 162 valence electrons. The third kappa shape index (κ3) is 5.75. The average Bonchev–Trinajstić information content (AvgIpc) is 3.20. The van der Waals surface area contributed by atoms with Crippen LogP contribution in [0.15, 0.2) is 42.5 Å². The Kier molecular flexibility index (Phi) is 6.48. The number of carbonyl (C=O) groups excluding carboxylic acids is 2. The Balaban J connectivity index is 1.61. The predicted octanol–water partition coefficient (Wildman–Crippen LogP) is 3.58. The summed E-state index contributed by atoms with van der Waals surface area (Å²) in [5.41, 5.74) is 2.60. The largest absolute Gasteiger partial charge is 0.508 e. The maximum Gasteiger partial charge on any atom is 0.313 e. The monoisotopic (exact) mass is 422 g/mol. The summed E-state index contributed by atoms with van der Waals surface area (Å²) in [6.45, 7) is 6.74. The molecule has 8 heteroatoms. The van der Waals surface area contributed by atoms with Gasteiger partial charge in [0.05, 0.1) is 5.41 Å². The molecule has 1 heterocycles. The first-order chi connectivity index (χ1) is 14.6. The number of benzene rings is 2. The van der Waals surface area contributed by atoms with Crippen LogP contribution in [0.5, 0.6) is 5.75 Å². The molecule has 3 rings (SSSR count). The molecule has 0 unspecified atom stereocenters. The number of ketones is 1. The van der Waals surface area contributed by atoms with Crippen molar-refractivity contribution in [2.24, 2.45) is 5.41 Å². The number of phenols is 1. The van der Waals surface area contributed by atoms with Crippen molar-refractivity contribution in [2.75, 3.05) is 0 Å². The molecule has 0 amide bonds. The van der Waals surface area contributed by atoms with E-state index in [1.165, 1.54) is 11.7 Å². The molecule has 0 spiro atoms. The molecule has 0 atom stereocenters. The standard InChI is InChI=1S/C23H26N4O4/c1-15(28)18-11-12-20(29)19(13-18)10-7-16-5-8-17(9-6-16)21-24-26-27(25-21)14-31-22(30)23(2,3)4/h5-6,8-9,11-13,29H,7,10,14H2,1-4H3. The van der Waals surface area contributed by atoms with Crippen LogP contribution in [0.2, 0.25) is 0 Å². The van der Waals surface area contributed by atoms with Crippen molar-refractivity contribution in [1.29, 1.82) is 0 Å². The number of phenolic OH excluding ortho intramolecular Hbond substituents is 1. The van der Waals surface area contributed by atoms with Crippen LogP contribution in [-0.2, 0) is 29.1 Å². The highest BCUT2D eigenvalue weighted by Crippen LogP contribution is 2.22. The van der Waals surface area contributed by atoms with Crippen LogP contribution in [0.25, 0.3) is 11.4 Å². The van der Waals surface area contributed by atoms with Crippen LogP contribution in [0.1, 0.15) is 49.2 Å². The highest BCUT2D eigenvalue weighted by Gasteiger charge is 2.23. The lowest BCUT2D eigenvalue weighted by Crippen LogP contribution is -2.24. The van der Waals surface area contributed by atoms with Gasteiger partial charge in [0.1, 0.15) is 5.75 Å². The van der Waals surface area contributed by atoms with Crippen molar-refractivity contribution in [3.05, 3.63) is 59.2 Å². The number of carbonyl (C=O) groups is 2. The third-order valence-electron chi connectivity index (χ3n) is 4.76. The Labute approximate surface area is 180 Å². The molecule has 0 saturated heterocycles. The summed E-state index contributed by atoms with van der Waals surface area (Å²) in [6, 6.07) is 12.6. The molecular formula is C23H26N4O4. The molecule has 1 aromatic heterocycles. The van der Waals surface area contributed by atoms with Gasteiger partial charge in [-0.25, -0.2) is 0 Å². The Bertz CT molecular complexity index is 1080. The van der Waals surface area contributed by atoms with Gasteiger partial charge in [0, 0.05) is 11.1 Å². The van der Waals surface area contributed by atoms with E-state index in [4.69, 9.17) is 4.74 Å². The van der Waals surface area contributed by atoms with Gasteiger partial charge in [-0.05, 0) is 75.1 Å². The van der Waals surface area contributed by atoms with Crippen LogP contribution in [0.4, 0.5) is 0 Å². The van der Waals surface area contributed by atoms with E-state index in [1.807, 2.05) is 24.3 Å². The lowest BCUT2D eigenvalue weighted by atomic mass is 9.98. The highest BCUT2D eigenvalue weighted by atomic mass is 16.5. The summed E-state index contributed by atoms with van der Waals surface area (Å²) >= 11 is 0. The van der Waals surface area contributed by atoms with E-state index in [-0.39, 0.29) is 24.2 Å². The van der Waals surface area contributed by atoms with Gasteiger partial charge in [0.2, 0.25) is 12.6 Å². The molecule has 0 aliphatic heterocycles. The van der Waals surface area contributed by atoms with Crippen molar-refractivity contribution in [1.82, 2.24) is 20.2 Å². The number of aryl methyl sites for hydroxylation is 2. The van der Waals surface area contributed by atoms with Gasteiger partial charge in [-0.2, -0.15) is 0 Å². The van der Waals surface area contributed by atoms with Crippen LogP contribution in [0.3, 0.4) is 0 Å². The van der Waals surface area contributed by atoms with Gasteiger partial charge in [-0.1, -0.05) is 24.3 Å². The van der Waals surface area contributed by atoms with Crippen molar-refractivity contribution in [2.45, 2.75) is 47.3 Å². The average molecular weight is 422 g/mol. The second-order valence-electron chi connectivity index (χ2n) is 8.39. The lowest BCUT2D eigenvalue weighted by molar-refractivity contribution is -0.157. The molecule has 2 aromatic carbocycles. The minimum absolute atomic E-state index is 0.0284. The number of Topliss-reactive ketones (excluding diaryl/α,β-unsaturated/α-hetero) is 1. The van der Waals surface area contributed by atoms with Gasteiger partial charge >= 0.3 is 5.97 Å². The summed E-state index contributed by atoms with van der Waals surface area (Å²) in [4.78, 5) is 24.6. The maximum atomic E-state index is 11.8. The maximum absolute atomic E-state index is 11.8. The molecule has 0 radical (unpaired) electrons. The normalized spacial score (nSPS) is 11.4. The van der Waals surface area contributed by atoms with Gasteiger partial charge < -0.3 is 9.84 Å². The molecule has 8 nitrogen and oxygen atoms in total. The fraction of sp³-hybridized carbons (Fsp3) is 0.348. The van der Waals surface area contributed by atoms with Crippen LogP contribution >= 0.6 is 0 Å². The second kappa shape index (κ2) is 9.07. The number of hydrogen-bond donors (Lipinski definition) is 1. The topological polar surface area (TPSA) is 107 Å². The minimum atomic E-state index is -0.594. The van der Waals surface area contributed by atoms with E-state index in [0.717, 1.165) is 16.7 Å². The zero-order chi connectivity index (χ0) is 22.6. The fourth-order valence-electron chi connectivity index (χ4n) is 2.85. The number of ether oxygens (including phenoxy) is 1. The molecule has 3 aromatic rings. The van der Waals surface area contributed by atoms with Crippen molar-refractivity contribution >= 4 is 11.8 Å².